The van der Waals surface area contributed by atoms with E-state index in [0.717, 1.165) is 42.5 Å². The third-order valence-corrected chi connectivity index (χ3v) is 7.47. The largest absolute Gasteiger partial charge is 0.355 e. The molecule has 3 aromatic rings. The minimum absolute atomic E-state index is 0.0304. The van der Waals surface area contributed by atoms with Gasteiger partial charge in [-0.1, -0.05) is 24.6 Å². The molecule has 2 amide bonds. The first kappa shape index (κ1) is 22.3. The van der Waals surface area contributed by atoms with E-state index in [1.54, 1.807) is 18.1 Å². The Morgan fingerprint density at radius 2 is 1.71 bits per heavy atom. The zero-order valence-corrected chi connectivity index (χ0v) is 19.8. The lowest BCUT2D eigenvalue weighted by Gasteiger charge is -2.33. The second-order valence-electron chi connectivity index (χ2n) is 9.46. The van der Waals surface area contributed by atoms with E-state index in [0.29, 0.717) is 36.1 Å². The highest BCUT2D eigenvalue weighted by Gasteiger charge is 2.29. The summed E-state index contributed by atoms with van der Waals surface area (Å²) in [6.45, 7) is 3.42. The summed E-state index contributed by atoms with van der Waals surface area (Å²) in [4.78, 5) is 32.0. The van der Waals surface area contributed by atoms with Gasteiger partial charge in [0.2, 0.25) is 0 Å². The van der Waals surface area contributed by atoms with Crippen LogP contribution in [0, 0.1) is 6.92 Å². The van der Waals surface area contributed by atoms with Crippen LogP contribution >= 0.6 is 0 Å². The SMILES string of the molecule is CNC(=O)c1cc(C(=O)N2CCC(c3ccc(-n4cncn4)cc3)CC2)c(C)cc1C1CCC1. The van der Waals surface area contributed by atoms with Gasteiger partial charge in [0, 0.05) is 31.3 Å². The Balaban J connectivity index is 1.28. The number of aromatic nitrogens is 3. The van der Waals surface area contributed by atoms with Crippen LogP contribution in [0.4, 0.5) is 0 Å². The first-order valence-corrected chi connectivity index (χ1v) is 12.2. The maximum Gasteiger partial charge on any atom is 0.254 e. The lowest BCUT2D eigenvalue weighted by molar-refractivity contribution is 0.0712. The molecule has 2 aromatic carbocycles. The molecule has 1 N–H and O–H groups in total. The fourth-order valence-electron chi connectivity index (χ4n) is 5.18. The van der Waals surface area contributed by atoms with E-state index in [1.165, 1.54) is 18.3 Å². The summed E-state index contributed by atoms with van der Waals surface area (Å²) in [6, 6.07) is 12.3. The summed E-state index contributed by atoms with van der Waals surface area (Å²) in [5.41, 5.74) is 5.64. The number of hydrogen-bond acceptors (Lipinski definition) is 4. The third-order valence-electron chi connectivity index (χ3n) is 7.47. The number of amides is 2. The van der Waals surface area contributed by atoms with E-state index >= 15 is 0 Å². The standard InChI is InChI=1S/C27H31N5O2/c1-18-14-24(21-4-3-5-21)25(26(33)28-2)15-23(18)27(34)31-12-10-20(11-13-31)19-6-8-22(9-7-19)32-17-29-16-30-32/h6-9,14-17,20-21H,3-5,10-13H2,1-2H3,(H,28,33). The lowest BCUT2D eigenvalue weighted by atomic mass is 9.77. The summed E-state index contributed by atoms with van der Waals surface area (Å²) in [6.07, 6.45) is 8.51. The Morgan fingerprint density at radius 1 is 0.971 bits per heavy atom. The van der Waals surface area contributed by atoms with Gasteiger partial charge in [-0.3, -0.25) is 9.59 Å². The summed E-state index contributed by atoms with van der Waals surface area (Å²) in [7, 11) is 1.65. The van der Waals surface area contributed by atoms with E-state index in [1.807, 2.05) is 17.9 Å². The quantitative estimate of drug-likeness (QED) is 0.622. The van der Waals surface area contributed by atoms with Crippen molar-refractivity contribution in [1.29, 1.82) is 0 Å². The smallest absolute Gasteiger partial charge is 0.254 e. The van der Waals surface area contributed by atoms with E-state index in [4.69, 9.17) is 0 Å². The molecular weight excluding hydrogens is 426 g/mol. The van der Waals surface area contributed by atoms with Crippen LogP contribution in [0.3, 0.4) is 0 Å². The van der Waals surface area contributed by atoms with Gasteiger partial charge in [0.1, 0.15) is 12.7 Å². The zero-order chi connectivity index (χ0) is 23.7. The number of nitrogens with one attached hydrogen (secondary N) is 1. The predicted octanol–water partition coefficient (Wildman–Crippen LogP) is 4.22. The maximum atomic E-state index is 13.4. The van der Waals surface area contributed by atoms with Crippen LogP contribution in [0.15, 0.2) is 49.1 Å². The van der Waals surface area contributed by atoms with Crippen LogP contribution in [-0.4, -0.2) is 51.6 Å². The third kappa shape index (κ3) is 4.22. The molecule has 2 aliphatic rings. The van der Waals surface area contributed by atoms with Gasteiger partial charge < -0.3 is 10.2 Å². The Bertz CT molecular complexity index is 1170. The van der Waals surface area contributed by atoms with Gasteiger partial charge >= 0.3 is 0 Å². The van der Waals surface area contributed by atoms with Gasteiger partial charge in [-0.15, -0.1) is 0 Å². The molecule has 1 aromatic heterocycles. The van der Waals surface area contributed by atoms with Gasteiger partial charge in [-0.05, 0) is 79.3 Å². The molecule has 1 saturated heterocycles. The van der Waals surface area contributed by atoms with Crippen molar-refractivity contribution in [3.05, 3.63) is 76.9 Å². The van der Waals surface area contributed by atoms with E-state index in [2.05, 4.69) is 45.7 Å². The molecule has 5 rings (SSSR count). The highest BCUT2D eigenvalue weighted by Crippen LogP contribution is 2.39. The van der Waals surface area contributed by atoms with Crippen LogP contribution < -0.4 is 5.32 Å². The fraction of sp³-hybridized carbons (Fsp3) is 0.407. The number of hydrogen-bond donors (Lipinski definition) is 1. The van der Waals surface area contributed by atoms with E-state index in [-0.39, 0.29) is 11.8 Å². The van der Waals surface area contributed by atoms with Crippen LogP contribution in [0.25, 0.3) is 5.69 Å². The average molecular weight is 458 g/mol. The van der Waals surface area contributed by atoms with Crippen molar-refractivity contribution in [3.63, 3.8) is 0 Å². The molecular formula is C27H31N5O2. The maximum absolute atomic E-state index is 13.4. The summed E-state index contributed by atoms with van der Waals surface area (Å²) >= 11 is 0. The Morgan fingerprint density at radius 3 is 2.29 bits per heavy atom. The molecule has 0 radical (unpaired) electrons. The molecule has 34 heavy (non-hydrogen) atoms. The van der Waals surface area contributed by atoms with Crippen molar-refractivity contribution < 1.29 is 9.59 Å². The molecule has 0 bridgehead atoms. The Labute approximate surface area is 200 Å². The number of benzene rings is 2. The van der Waals surface area contributed by atoms with Crippen LogP contribution in [0.5, 0.6) is 0 Å². The molecule has 7 nitrogen and oxygen atoms in total. The molecule has 0 atom stereocenters. The number of carbonyl (C=O) groups is 2. The molecule has 1 saturated carbocycles. The zero-order valence-electron chi connectivity index (χ0n) is 19.8. The predicted molar refractivity (Wildman–Crippen MR) is 130 cm³/mol. The van der Waals surface area contributed by atoms with Gasteiger partial charge in [0.25, 0.3) is 11.8 Å². The first-order chi connectivity index (χ1) is 16.5. The van der Waals surface area contributed by atoms with Crippen LogP contribution in [-0.2, 0) is 0 Å². The van der Waals surface area contributed by atoms with Crippen molar-refractivity contribution in [1.82, 2.24) is 25.0 Å². The van der Waals surface area contributed by atoms with Gasteiger partial charge in [0.05, 0.1) is 5.69 Å². The molecule has 2 heterocycles. The second kappa shape index (κ2) is 9.41. The van der Waals surface area contributed by atoms with Gasteiger partial charge in [-0.2, -0.15) is 5.10 Å². The topological polar surface area (TPSA) is 80.1 Å². The van der Waals surface area contributed by atoms with Crippen molar-refractivity contribution in [3.8, 4) is 5.69 Å². The van der Waals surface area contributed by atoms with E-state index in [9.17, 15) is 9.59 Å². The molecule has 1 aliphatic heterocycles. The van der Waals surface area contributed by atoms with Crippen molar-refractivity contribution >= 4 is 11.8 Å². The molecule has 0 unspecified atom stereocenters. The number of piperidine rings is 1. The normalized spacial score (nSPS) is 16.8. The van der Waals surface area contributed by atoms with Crippen LogP contribution in [0.1, 0.15) is 81.3 Å². The van der Waals surface area contributed by atoms with Gasteiger partial charge in [-0.25, -0.2) is 9.67 Å². The average Bonchev–Trinajstić information content (AvgIpc) is 3.38. The number of aryl methyl sites for hydroxylation is 1. The fourth-order valence-corrected chi connectivity index (χ4v) is 5.18. The number of likely N-dealkylation sites (tertiary alicyclic amines) is 1. The number of carbonyl (C=O) groups excluding carboxylic acids is 2. The monoisotopic (exact) mass is 457 g/mol. The van der Waals surface area contributed by atoms with Crippen LogP contribution in [0.2, 0.25) is 0 Å². The number of rotatable bonds is 5. The molecule has 0 spiro atoms. The number of nitrogens with zero attached hydrogens (tertiary/aromatic N) is 4. The molecule has 2 fully saturated rings. The molecule has 1 aliphatic carbocycles. The molecule has 176 valence electrons. The van der Waals surface area contributed by atoms with E-state index < -0.39 is 0 Å². The van der Waals surface area contributed by atoms with Crippen molar-refractivity contribution in [2.75, 3.05) is 20.1 Å². The highest BCUT2D eigenvalue weighted by atomic mass is 16.2. The van der Waals surface area contributed by atoms with Crippen molar-refractivity contribution in [2.45, 2.75) is 50.9 Å². The molecule has 7 heteroatoms. The van der Waals surface area contributed by atoms with Gasteiger partial charge in [0.15, 0.2) is 0 Å². The Hall–Kier alpha value is -3.48. The first-order valence-electron chi connectivity index (χ1n) is 12.2. The summed E-state index contributed by atoms with van der Waals surface area (Å²) in [5.74, 6) is 0.783. The Kier molecular flexibility index (Phi) is 6.18. The minimum atomic E-state index is -0.107. The van der Waals surface area contributed by atoms with Crippen molar-refractivity contribution in [2.24, 2.45) is 0 Å². The second-order valence-corrected chi connectivity index (χ2v) is 9.46. The highest BCUT2D eigenvalue weighted by molar-refractivity contribution is 6.01. The lowest BCUT2D eigenvalue weighted by Crippen LogP contribution is -2.38. The minimum Gasteiger partial charge on any atom is -0.355 e. The summed E-state index contributed by atoms with van der Waals surface area (Å²) in [5, 5.41) is 6.93. The summed E-state index contributed by atoms with van der Waals surface area (Å²) < 4.78 is 1.75.